The van der Waals surface area contributed by atoms with Crippen LogP contribution in [0.1, 0.15) is 16.2 Å². The van der Waals surface area contributed by atoms with E-state index in [9.17, 15) is 4.79 Å². The maximum Gasteiger partial charge on any atom is 0.254 e. The Morgan fingerprint density at radius 1 is 1.32 bits per heavy atom. The molecule has 0 saturated heterocycles. The molecule has 0 unspecified atom stereocenters. The number of halogens is 2. The molecule has 112 valence electrons. The number of aromatic amines is 1. The summed E-state index contributed by atoms with van der Waals surface area (Å²) in [5, 5.41) is 0.650. The lowest BCUT2D eigenvalue weighted by Gasteiger charge is -2.16. The first kappa shape index (κ1) is 15.3. The molecule has 3 aromatic rings. The lowest BCUT2D eigenvalue weighted by molar-refractivity contribution is 0.0782. The highest BCUT2D eigenvalue weighted by Gasteiger charge is 2.15. The number of nitrogens with one attached hydrogen (secondary N) is 1. The van der Waals surface area contributed by atoms with Crippen molar-refractivity contribution < 1.29 is 4.79 Å². The SMILES string of the molecule is CN(Cc1nc2ccccc2[nH]1)C(=O)c1ccc(Cl)c(I)c1. The number of H-pyrrole nitrogens is 1. The van der Waals surface area contributed by atoms with Gasteiger partial charge < -0.3 is 9.88 Å². The smallest absolute Gasteiger partial charge is 0.254 e. The average Bonchev–Trinajstić information content (AvgIpc) is 2.91. The second kappa shape index (κ2) is 6.26. The van der Waals surface area contributed by atoms with Crippen molar-refractivity contribution in [3.63, 3.8) is 0 Å². The zero-order chi connectivity index (χ0) is 15.7. The van der Waals surface area contributed by atoms with Gasteiger partial charge in [-0.25, -0.2) is 4.98 Å². The van der Waals surface area contributed by atoms with Crippen molar-refractivity contribution in [2.45, 2.75) is 6.54 Å². The number of carbonyl (C=O) groups excluding carboxylic acids is 1. The molecule has 3 rings (SSSR count). The fourth-order valence-corrected chi connectivity index (χ4v) is 2.86. The van der Waals surface area contributed by atoms with Gasteiger partial charge in [0.2, 0.25) is 0 Å². The Hall–Kier alpha value is -1.60. The summed E-state index contributed by atoms with van der Waals surface area (Å²) < 4.78 is 0.863. The van der Waals surface area contributed by atoms with Crippen LogP contribution in [0.25, 0.3) is 11.0 Å². The monoisotopic (exact) mass is 425 g/mol. The molecular formula is C16H13ClIN3O. The fraction of sp³-hybridized carbons (Fsp3) is 0.125. The summed E-state index contributed by atoms with van der Waals surface area (Å²) in [4.78, 5) is 21.8. The van der Waals surface area contributed by atoms with E-state index in [4.69, 9.17) is 11.6 Å². The van der Waals surface area contributed by atoms with Gasteiger partial charge in [0.25, 0.3) is 5.91 Å². The largest absolute Gasteiger partial charge is 0.340 e. The van der Waals surface area contributed by atoms with E-state index in [0.717, 1.165) is 20.4 Å². The Labute approximate surface area is 146 Å². The van der Waals surface area contributed by atoms with Crippen LogP contribution in [-0.2, 0) is 6.54 Å². The van der Waals surface area contributed by atoms with E-state index in [1.807, 2.05) is 24.3 Å². The number of imidazole rings is 1. The minimum atomic E-state index is -0.0601. The number of amides is 1. The molecule has 4 nitrogen and oxygen atoms in total. The van der Waals surface area contributed by atoms with Gasteiger partial charge in [-0.2, -0.15) is 0 Å². The molecule has 0 aliphatic heterocycles. The molecule has 1 N–H and O–H groups in total. The molecule has 1 heterocycles. The van der Waals surface area contributed by atoms with E-state index >= 15 is 0 Å². The number of aromatic nitrogens is 2. The summed E-state index contributed by atoms with van der Waals surface area (Å²) >= 11 is 8.11. The molecule has 0 radical (unpaired) electrons. The van der Waals surface area contributed by atoms with Crippen molar-refractivity contribution >= 4 is 51.1 Å². The van der Waals surface area contributed by atoms with Gasteiger partial charge in [0, 0.05) is 16.2 Å². The van der Waals surface area contributed by atoms with E-state index < -0.39 is 0 Å². The molecular weight excluding hydrogens is 413 g/mol. The molecule has 0 bridgehead atoms. The number of fused-ring (bicyclic) bond motifs is 1. The highest BCUT2D eigenvalue weighted by atomic mass is 127. The van der Waals surface area contributed by atoms with Gasteiger partial charge >= 0.3 is 0 Å². The van der Waals surface area contributed by atoms with Crippen LogP contribution in [0.5, 0.6) is 0 Å². The van der Waals surface area contributed by atoms with Gasteiger partial charge in [-0.3, -0.25) is 4.79 Å². The first-order chi connectivity index (χ1) is 10.5. The van der Waals surface area contributed by atoms with Crippen LogP contribution < -0.4 is 0 Å². The summed E-state index contributed by atoms with van der Waals surface area (Å²) in [7, 11) is 1.76. The number of hydrogen-bond acceptors (Lipinski definition) is 2. The molecule has 22 heavy (non-hydrogen) atoms. The normalized spacial score (nSPS) is 10.9. The fourth-order valence-electron chi connectivity index (χ4n) is 2.23. The van der Waals surface area contributed by atoms with Gasteiger partial charge in [-0.15, -0.1) is 0 Å². The Kier molecular flexibility index (Phi) is 4.35. The number of para-hydroxylation sites is 2. The Morgan fingerprint density at radius 2 is 2.09 bits per heavy atom. The summed E-state index contributed by atoms with van der Waals surface area (Å²) in [6.07, 6.45) is 0. The molecule has 0 aliphatic rings. The van der Waals surface area contributed by atoms with Crippen molar-refractivity contribution in [2.75, 3.05) is 7.05 Å². The third-order valence-corrected chi connectivity index (χ3v) is 4.88. The highest BCUT2D eigenvalue weighted by Crippen LogP contribution is 2.20. The minimum Gasteiger partial charge on any atom is -0.340 e. The molecule has 0 atom stereocenters. The first-order valence-electron chi connectivity index (χ1n) is 6.69. The van der Waals surface area contributed by atoms with Crippen molar-refractivity contribution in [3.05, 3.63) is 62.4 Å². The first-order valence-corrected chi connectivity index (χ1v) is 8.14. The zero-order valence-corrected chi connectivity index (χ0v) is 14.7. The zero-order valence-electron chi connectivity index (χ0n) is 11.8. The van der Waals surface area contributed by atoms with E-state index in [0.29, 0.717) is 17.1 Å². The van der Waals surface area contributed by atoms with Crippen LogP contribution >= 0.6 is 34.2 Å². The molecule has 1 amide bonds. The Balaban J connectivity index is 1.79. The maximum atomic E-state index is 12.5. The van der Waals surface area contributed by atoms with Gasteiger partial charge in [-0.1, -0.05) is 23.7 Å². The maximum absolute atomic E-state index is 12.5. The van der Waals surface area contributed by atoms with Crippen molar-refractivity contribution in [3.8, 4) is 0 Å². The molecule has 1 aromatic heterocycles. The number of nitrogens with zero attached hydrogens (tertiary/aromatic N) is 2. The van der Waals surface area contributed by atoms with Crippen molar-refractivity contribution in [2.24, 2.45) is 0 Å². The van der Waals surface area contributed by atoms with E-state index in [-0.39, 0.29) is 5.91 Å². The molecule has 0 saturated carbocycles. The second-order valence-electron chi connectivity index (χ2n) is 4.99. The number of rotatable bonds is 3. The van der Waals surface area contributed by atoms with Crippen LogP contribution in [0.15, 0.2) is 42.5 Å². The Bertz CT molecular complexity index is 813. The number of carbonyl (C=O) groups is 1. The van der Waals surface area contributed by atoms with Crippen LogP contribution in [0.4, 0.5) is 0 Å². The van der Waals surface area contributed by atoms with Gasteiger partial charge in [0.05, 0.1) is 22.6 Å². The third kappa shape index (κ3) is 3.10. The predicted molar refractivity (Wildman–Crippen MR) is 96.1 cm³/mol. The van der Waals surface area contributed by atoms with E-state index in [1.165, 1.54) is 0 Å². The van der Waals surface area contributed by atoms with Gasteiger partial charge in [-0.05, 0) is 52.9 Å². The lowest BCUT2D eigenvalue weighted by Crippen LogP contribution is -2.26. The number of benzene rings is 2. The molecule has 6 heteroatoms. The van der Waals surface area contributed by atoms with Gasteiger partial charge in [0.1, 0.15) is 5.82 Å². The van der Waals surface area contributed by atoms with E-state index in [2.05, 4.69) is 32.6 Å². The second-order valence-corrected chi connectivity index (χ2v) is 6.56. The highest BCUT2D eigenvalue weighted by molar-refractivity contribution is 14.1. The molecule has 0 fully saturated rings. The van der Waals surface area contributed by atoms with Crippen LogP contribution in [0, 0.1) is 3.57 Å². The minimum absolute atomic E-state index is 0.0601. The van der Waals surface area contributed by atoms with Crippen LogP contribution in [0.2, 0.25) is 5.02 Å². The summed E-state index contributed by atoms with van der Waals surface area (Å²) in [5.41, 5.74) is 2.49. The van der Waals surface area contributed by atoms with E-state index in [1.54, 1.807) is 30.1 Å². The number of hydrogen-bond donors (Lipinski definition) is 1. The topological polar surface area (TPSA) is 49.0 Å². The van der Waals surface area contributed by atoms with Gasteiger partial charge in [0.15, 0.2) is 0 Å². The summed E-state index contributed by atoms with van der Waals surface area (Å²) in [6.45, 7) is 0.423. The average molecular weight is 426 g/mol. The summed E-state index contributed by atoms with van der Waals surface area (Å²) in [6, 6.07) is 13.1. The molecule has 0 spiro atoms. The quantitative estimate of drug-likeness (QED) is 0.643. The van der Waals surface area contributed by atoms with Crippen LogP contribution in [-0.4, -0.2) is 27.8 Å². The predicted octanol–water partition coefficient (Wildman–Crippen LogP) is 4.09. The standard InChI is InChI=1S/C16H13ClIN3O/c1-21(16(22)10-6-7-11(17)12(18)8-10)9-15-19-13-4-2-3-5-14(13)20-15/h2-8H,9H2,1H3,(H,19,20). The molecule has 2 aromatic carbocycles. The van der Waals surface area contributed by atoms with Crippen LogP contribution in [0.3, 0.4) is 0 Å². The third-order valence-electron chi connectivity index (χ3n) is 3.34. The Morgan fingerprint density at radius 3 is 2.82 bits per heavy atom. The van der Waals surface area contributed by atoms with Crippen molar-refractivity contribution in [1.82, 2.24) is 14.9 Å². The molecule has 0 aliphatic carbocycles. The summed E-state index contributed by atoms with van der Waals surface area (Å²) in [5.74, 6) is 0.704. The lowest BCUT2D eigenvalue weighted by atomic mass is 10.2. The van der Waals surface area contributed by atoms with Crippen molar-refractivity contribution in [1.29, 1.82) is 0 Å².